The molecule has 0 aliphatic heterocycles. The molecule has 1 aromatic heterocycles. The average Bonchev–Trinajstić information content (AvgIpc) is 3.63. The van der Waals surface area contributed by atoms with E-state index in [1.165, 1.54) is 35.8 Å². The molecule has 298 valence electrons. The molecule has 1 aliphatic rings. The zero-order valence-corrected chi connectivity index (χ0v) is 34.2. The fourth-order valence-electron chi connectivity index (χ4n) is 6.83. The summed E-state index contributed by atoms with van der Waals surface area (Å²) < 4.78 is 11.1. The van der Waals surface area contributed by atoms with Gasteiger partial charge in [0.2, 0.25) is 5.91 Å². The summed E-state index contributed by atoms with van der Waals surface area (Å²) in [5.41, 5.74) is 5.29. The van der Waals surface area contributed by atoms with Gasteiger partial charge in [-0.15, -0.1) is 23.1 Å². The maximum atomic E-state index is 13.8. The molecule has 3 amide bonds. The van der Waals surface area contributed by atoms with Gasteiger partial charge in [0.1, 0.15) is 23.1 Å². The second-order valence-electron chi connectivity index (χ2n) is 14.0. The van der Waals surface area contributed by atoms with Crippen molar-refractivity contribution >= 4 is 63.6 Å². The number of thiophene rings is 1. The molecule has 1 heterocycles. The van der Waals surface area contributed by atoms with Gasteiger partial charge < -0.3 is 25.4 Å². The predicted molar refractivity (Wildman–Crippen MR) is 235 cm³/mol. The second-order valence-corrected chi connectivity index (χ2v) is 16.5. The van der Waals surface area contributed by atoms with E-state index in [-0.39, 0.29) is 11.6 Å². The van der Waals surface area contributed by atoms with Crippen LogP contribution in [0.5, 0.6) is 5.75 Å². The number of benzene rings is 5. The number of methoxy groups -OCH3 is 1. The van der Waals surface area contributed by atoms with E-state index in [1.54, 1.807) is 55.5 Å². The van der Waals surface area contributed by atoms with Crippen LogP contribution in [0, 0.1) is 0 Å². The van der Waals surface area contributed by atoms with Gasteiger partial charge in [-0.1, -0.05) is 97.1 Å². The molecule has 11 heteroatoms. The molecular formula is C48H43N3O6S2. The van der Waals surface area contributed by atoms with E-state index in [9.17, 15) is 19.2 Å². The van der Waals surface area contributed by atoms with Crippen LogP contribution in [0.15, 0.2) is 150 Å². The van der Waals surface area contributed by atoms with Gasteiger partial charge >= 0.3 is 5.97 Å². The number of esters is 1. The highest BCUT2D eigenvalue weighted by Crippen LogP contribution is 2.43. The van der Waals surface area contributed by atoms with Crippen molar-refractivity contribution in [3.8, 4) is 5.75 Å². The van der Waals surface area contributed by atoms with Crippen molar-refractivity contribution in [3.63, 3.8) is 0 Å². The number of fused-ring (bicyclic) bond motifs is 1. The van der Waals surface area contributed by atoms with Crippen LogP contribution in [0.1, 0.15) is 67.1 Å². The van der Waals surface area contributed by atoms with E-state index < -0.39 is 23.0 Å². The molecule has 3 N–H and O–H groups in total. The first-order valence-corrected chi connectivity index (χ1v) is 20.9. The van der Waals surface area contributed by atoms with Gasteiger partial charge in [-0.25, -0.2) is 4.79 Å². The average molecular weight is 822 g/mol. The summed E-state index contributed by atoms with van der Waals surface area (Å²) in [4.78, 5) is 55.5. The van der Waals surface area contributed by atoms with Crippen LogP contribution in [0.4, 0.5) is 10.7 Å². The Hall–Kier alpha value is -6.43. The second kappa shape index (κ2) is 19.3. The van der Waals surface area contributed by atoms with Crippen molar-refractivity contribution in [2.75, 3.05) is 17.7 Å². The number of rotatable bonds is 14. The summed E-state index contributed by atoms with van der Waals surface area (Å²) in [6.45, 7) is 2.21. The maximum Gasteiger partial charge on any atom is 0.341 e. The van der Waals surface area contributed by atoms with Gasteiger partial charge in [-0.05, 0) is 103 Å². The van der Waals surface area contributed by atoms with Gasteiger partial charge in [0.25, 0.3) is 11.8 Å². The fraction of sp³-hybridized carbons (Fsp3) is 0.167. The van der Waals surface area contributed by atoms with Gasteiger partial charge in [-0.3, -0.25) is 14.4 Å². The van der Waals surface area contributed by atoms with Gasteiger partial charge in [-0.2, -0.15) is 0 Å². The number of anilines is 2. The predicted octanol–water partition coefficient (Wildman–Crippen LogP) is 9.92. The Morgan fingerprint density at radius 3 is 2.24 bits per heavy atom. The Morgan fingerprint density at radius 1 is 0.831 bits per heavy atom. The van der Waals surface area contributed by atoms with Crippen LogP contribution in [-0.4, -0.2) is 36.1 Å². The number of ether oxygens (including phenoxy) is 2. The summed E-state index contributed by atoms with van der Waals surface area (Å²) in [7, 11) is 1.36. The topological polar surface area (TPSA) is 123 Å². The number of hydrogen-bond donors (Lipinski definition) is 3. The third kappa shape index (κ3) is 10.6. The molecule has 2 unspecified atom stereocenters. The number of carbonyl (C=O) groups excluding carboxylic acids is 4. The van der Waals surface area contributed by atoms with Crippen molar-refractivity contribution in [2.45, 2.75) is 48.9 Å². The van der Waals surface area contributed by atoms with Crippen LogP contribution < -0.4 is 20.7 Å². The smallest absolute Gasteiger partial charge is 0.341 e. The highest BCUT2D eigenvalue weighted by Gasteiger charge is 2.31. The van der Waals surface area contributed by atoms with E-state index in [0.717, 1.165) is 40.2 Å². The third-order valence-electron chi connectivity index (χ3n) is 9.90. The monoisotopic (exact) mass is 821 g/mol. The molecule has 7 rings (SSSR count). The van der Waals surface area contributed by atoms with Crippen molar-refractivity contribution in [3.05, 3.63) is 183 Å². The SMILES string of the molecule is COC(=O)c1c(NC(=O)C(C)Sc2cccc(NC(=O)/C(=C/c3ccc(OCc4ccccc4)cc3)NC(=O)c3ccccc3)c2)sc2c1CCC(c1ccccc1)C2. The van der Waals surface area contributed by atoms with E-state index in [2.05, 4.69) is 28.1 Å². The lowest BCUT2D eigenvalue weighted by atomic mass is 9.83. The first-order chi connectivity index (χ1) is 28.7. The minimum atomic E-state index is -0.553. The molecule has 59 heavy (non-hydrogen) atoms. The Morgan fingerprint density at radius 2 is 1.53 bits per heavy atom. The molecule has 0 bridgehead atoms. The molecule has 9 nitrogen and oxygen atoms in total. The lowest BCUT2D eigenvalue weighted by Gasteiger charge is -2.22. The Kier molecular flexibility index (Phi) is 13.4. The molecule has 0 saturated heterocycles. The summed E-state index contributed by atoms with van der Waals surface area (Å²) in [6, 6.07) is 43.3. The largest absolute Gasteiger partial charge is 0.489 e. The molecule has 0 spiro atoms. The standard InChI is InChI=1S/C48H43N3O6S2/c1-31(44(52)51-47-43(48(55)56-2)40-26-23-36(28-42(40)59-47)34-15-8-4-9-16-34)58-39-20-12-19-37(29-39)49-46(54)41(50-45(53)35-17-10-5-11-18-35)27-32-21-24-38(25-22-32)57-30-33-13-6-3-7-14-33/h3-22,24-25,27,29,31,36H,23,26,28,30H2,1-2H3,(H,49,54)(H,50,53)(H,51,52)/b41-27-. The molecule has 2 atom stereocenters. The number of hydrogen-bond acceptors (Lipinski definition) is 8. The van der Waals surface area contributed by atoms with Crippen LogP contribution in [0.2, 0.25) is 0 Å². The lowest BCUT2D eigenvalue weighted by Crippen LogP contribution is -2.30. The summed E-state index contributed by atoms with van der Waals surface area (Å²) in [5, 5.41) is 8.66. The number of amides is 3. The highest BCUT2D eigenvalue weighted by molar-refractivity contribution is 8.00. The number of nitrogens with one attached hydrogen (secondary N) is 3. The van der Waals surface area contributed by atoms with Crippen LogP contribution in [-0.2, 0) is 33.8 Å². The lowest BCUT2D eigenvalue weighted by molar-refractivity contribution is -0.115. The van der Waals surface area contributed by atoms with Gasteiger partial charge in [0.15, 0.2) is 0 Å². The minimum absolute atomic E-state index is 0.0396. The van der Waals surface area contributed by atoms with Crippen molar-refractivity contribution in [2.24, 2.45) is 0 Å². The summed E-state index contributed by atoms with van der Waals surface area (Å²) in [6.07, 6.45) is 4.02. The highest BCUT2D eigenvalue weighted by atomic mass is 32.2. The Balaban J connectivity index is 1.03. The van der Waals surface area contributed by atoms with E-state index in [1.807, 2.05) is 84.9 Å². The van der Waals surface area contributed by atoms with Crippen molar-refractivity contribution in [1.82, 2.24) is 5.32 Å². The quantitative estimate of drug-likeness (QED) is 0.0568. The maximum absolute atomic E-state index is 13.8. The van der Waals surface area contributed by atoms with Crippen LogP contribution in [0.25, 0.3) is 6.08 Å². The molecule has 0 saturated carbocycles. The molecule has 6 aromatic rings. The third-order valence-corrected chi connectivity index (χ3v) is 12.2. The van der Waals surface area contributed by atoms with Gasteiger partial charge in [0.05, 0.1) is 17.9 Å². The van der Waals surface area contributed by atoms with E-state index >= 15 is 0 Å². The Bertz CT molecular complexity index is 2450. The zero-order valence-electron chi connectivity index (χ0n) is 32.6. The van der Waals surface area contributed by atoms with Crippen molar-refractivity contribution in [1.29, 1.82) is 0 Å². The molecule has 0 fully saturated rings. The molecular weight excluding hydrogens is 779 g/mol. The van der Waals surface area contributed by atoms with E-state index in [4.69, 9.17) is 9.47 Å². The first-order valence-electron chi connectivity index (χ1n) is 19.3. The normalized spacial score (nSPS) is 14.0. The minimum Gasteiger partial charge on any atom is -0.489 e. The number of thioether (sulfide) groups is 1. The van der Waals surface area contributed by atoms with Gasteiger partial charge in [0, 0.05) is 21.0 Å². The molecule has 1 aliphatic carbocycles. The number of carbonyl (C=O) groups is 4. The molecule has 0 radical (unpaired) electrons. The molecule has 5 aromatic carbocycles. The zero-order chi connectivity index (χ0) is 41.1. The Labute approximate surface area is 351 Å². The van der Waals surface area contributed by atoms with Crippen molar-refractivity contribution < 1.29 is 28.7 Å². The summed E-state index contributed by atoms with van der Waals surface area (Å²) >= 11 is 2.76. The van der Waals surface area contributed by atoms with Crippen LogP contribution >= 0.6 is 23.1 Å². The van der Waals surface area contributed by atoms with E-state index in [0.29, 0.717) is 45.7 Å². The first kappa shape index (κ1) is 40.8. The summed E-state index contributed by atoms with van der Waals surface area (Å²) in [5.74, 6) is -0.688. The fourth-order valence-corrected chi connectivity index (χ4v) is 9.07. The van der Waals surface area contributed by atoms with Crippen LogP contribution in [0.3, 0.4) is 0 Å².